The predicted octanol–water partition coefficient (Wildman–Crippen LogP) is 2.22. The lowest BCUT2D eigenvalue weighted by molar-refractivity contribution is -0.135. The first-order valence-corrected chi connectivity index (χ1v) is 10.1. The molecule has 0 aromatic heterocycles. The van der Waals surface area contributed by atoms with Crippen LogP contribution < -0.4 is 20.1 Å². The maximum Gasteiger partial charge on any atom is 0.325 e. The largest absolute Gasteiger partial charge is 0.497 e. The van der Waals surface area contributed by atoms with Crippen LogP contribution in [0.3, 0.4) is 0 Å². The fourth-order valence-corrected chi connectivity index (χ4v) is 3.73. The molecule has 4 amide bonds. The van der Waals surface area contributed by atoms with Crippen LogP contribution in [0.1, 0.15) is 24.5 Å². The van der Waals surface area contributed by atoms with E-state index >= 15 is 0 Å². The number of hydrogen-bond acceptors (Lipinski definition) is 5. The number of nitrogens with one attached hydrogen (secondary N) is 2. The van der Waals surface area contributed by atoms with Gasteiger partial charge in [-0.05, 0) is 42.2 Å². The molecule has 0 aliphatic carbocycles. The molecular weight excluding hydrogens is 398 g/mol. The van der Waals surface area contributed by atoms with E-state index in [-0.39, 0.29) is 6.54 Å². The van der Waals surface area contributed by atoms with Gasteiger partial charge in [-0.25, -0.2) is 4.79 Å². The fourth-order valence-electron chi connectivity index (χ4n) is 3.73. The van der Waals surface area contributed by atoms with Gasteiger partial charge in [-0.2, -0.15) is 0 Å². The summed E-state index contributed by atoms with van der Waals surface area (Å²) in [6, 6.07) is 13.9. The lowest BCUT2D eigenvalue weighted by Gasteiger charge is -2.26. The number of carbonyl (C=O) groups is 3. The molecule has 2 aromatic carbocycles. The van der Waals surface area contributed by atoms with Gasteiger partial charge in [0.1, 0.15) is 23.6 Å². The second kappa shape index (κ2) is 9.51. The summed E-state index contributed by atoms with van der Waals surface area (Å²) in [7, 11) is 3.15. The third-order valence-corrected chi connectivity index (χ3v) is 5.50. The average Bonchev–Trinajstić information content (AvgIpc) is 3.04. The summed E-state index contributed by atoms with van der Waals surface area (Å²) >= 11 is 0. The van der Waals surface area contributed by atoms with Gasteiger partial charge in [0.05, 0.1) is 14.2 Å². The van der Waals surface area contributed by atoms with E-state index in [1.165, 1.54) is 0 Å². The maximum atomic E-state index is 13.2. The molecule has 0 radical (unpaired) electrons. The smallest absolute Gasteiger partial charge is 0.325 e. The molecule has 2 N–H and O–H groups in total. The van der Waals surface area contributed by atoms with Crippen molar-refractivity contribution < 1.29 is 23.9 Å². The molecule has 1 atom stereocenters. The Morgan fingerprint density at radius 1 is 1.06 bits per heavy atom. The number of nitrogens with zero attached hydrogens (tertiary/aromatic N) is 1. The highest BCUT2D eigenvalue weighted by molar-refractivity contribution is 6.09. The second-order valence-corrected chi connectivity index (χ2v) is 7.22. The van der Waals surface area contributed by atoms with E-state index in [9.17, 15) is 14.4 Å². The lowest BCUT2D eigenvalue weighted by Crippen LogP contribution is -2.45. The Hall–Kier alpha value is -3.55. The first kappa shape index (κ1) is 22.1. The molecule has 0 saturated carbocycles. The molecule has 1 aliphatic heterocycles. The van der Waals surface area contributed by atoms with Crippen LogP contribution in [-0.4, -0.2) is 50.1 Å². The first-order chi connectivity index (χ1) is 14.9. The molecule has 1 fully saturated rings. The summed E-state index contributed by atoms with van der Waals surface area (Å²) in [5.74, 6) is 0.557. The minimum absolute atomic E-state index is 0.339. The third-order valence-electron chi connectivity index (χ3n) is 5.50. The highest BCUT2D eigenvalue weighted by Crippen LogP contribution is 2.33. The Morgan fingerprint density at radius 2 is 1.77 bits per heavy atom. The van der Waals surface area contributed by atoms with Crippen molar-refractivity contribution in [1.82, 2.24) is 15.5 Å². The summed E-state index contributed by atoms with van der Waals surface area (Å²) in [6.45, 7) is 1.84. The Morgan fingerprint density at radius 3 is 2.42 bits per heavy atom. The molecule has 3 rings (SSSR count). The van der Waals surface area contributed by atoms with Crippen molar-refractivity contribution in [2.45, 2.75) is 25.3 Å². The number of urea groups is 1. The van der Waals surface area contributed by atoms with Crippen molar-refractivity contribution in [3.05, 3.63) is 59.7 Å². The molecule has 2 aromatic rings. The standard InChI is InChI=1S/C23H27N3O5/c1-4-23(17-9-11-18(30-2)12-10-17)21(28)26(22(29)25-23)15-20(27)24-14-13-16-7-5-6-8-19(16)31-3/h5-12H,4,13-15H2,1-3H3,(H,24,27)(H,25,29). The lowest BCUT2D eigenvalue weighted by atomic mass is 9.87. The third kappa shape index (κ3) is 4.47. The second-order valence-electron chi connectivity index (χ2n) is 7.22. The fraction of sp³-hybridized carbons (Fsp3) is 0.348. The van der Waals surface area contributed by atoms with E-state index in [0.717, 1.165) is 16.2 Å². The molecule has 164 valence electrons. The maximum absolute atomic E-state index is 13.2. The molecular formula is C23H27N3O5. The summed E-state index contributed by atoms with van der Waals surface area (Å²) in [4.78, 5) is 39.1. The van der Waals surface area contributed by atoms with Gasteiger partial charge in [-0.1, -0.05) is 37.3 Å². The number of imide groups is 1. The average molecular weight is 425 g/mol. The normalized spacial score (nSPS) is 18.0. The molecule has 1 heterocycles. The van der Waals surface area contributed by atoms with Gasteiger partial charge >= 0.3 is 6.03 Å². The molecule has 0 bridgehead atoms. The predicted molar refractivity (Wildman–Crippen MR) is 115 cm³/mol. The van der Waals surface area contributed by atoms with E-state index in [1.54, 1.807) is 38.5 Å². The quantitative estimate of drug-likeness (QED) is 0.601. The molecule has 8 nitrogen and oxygen atoms in total. The molecule has 8 heteroatoms. The Bertz CT molecular complexity index is 960. The van der Waals surface area contributed by atoms with Gasteiger partial charge in [0.15, 0.2) is 0 Å². The number of para-hydroxylation sites is 1. The number of benzene rings is 2. The zero-order chi connectivity index (χ0) is 22.4. The van der Waals surface area contributed by atoms with Crippen LogP contribution in [0.15, 0.2) is 48.5 Å². The van der Waals surface area contributed by atoms with Crippen LogP contribution in [0.5, 0.6) is 11.5 Å². The summed E-state index contributed by atoms with van der Waals surface area (Å²) in [6.07, 6.45) is 0.927. The molecule has 1 aliphatic rings. The number of hydrogen-bond donors (Lipinski definition) is 2. The van der Waals surface area contributed by atoms with Crippen LogP contribution >= 0.6 is 0 Å². The van der Waals surface area contributed by atoms with Crippen molar-refractivity contribution >= 4 is 17.8 Å². The van der Waals surface area contributed by atoms with E-state index in [2.05, 4.69) is 10.6 Å². The van der Waals surface area contributed by atoms with Crippen LogP contribution in [0, 0.1) is 0 Å². The minimum Gasteiger partial charge on any atom is -0.497 e. The molecule has 1 unspecified atom stereocenters. The van der Waals surface area contributed by atoms with Crippen LogP contribution in [0.2, 0.25) is 0 Å². The van der Waals surface area contributed by atoms with Gasteiger partial charge in [0.25, 0.3) is 5.91 Å². The van der Waals surface area contributed by atoms with Crippen LogP contribution in [0.4, 0.5) is 4.79 Å². The summed E-state index contributed by atoms with van der Waals surface area (Å²) < 4.78 is 10.5. The van der Waals surface area contributed by atoms with E-state index < -0.39 is 23.4 Å². The van der Waals surface area contributed by atoms with Gasteiger partial charge < -0.3 is 20.1 Å². The molecule has 1 saturated heterocycles. The topological polar surface area (TPSA) is 97.0 Å². The SMILES string of the molecule is CCC1(c2ccc(OC)cc2)NC(=O)N(CC(=O)NCCc2ccccc2OC)C1=O. The molecule has 0 spiro atoms. The van der Waals surface area contributed by atoms with Crippen molar-refractivity contribution in [3.8, 4) is 11.5 Å². The minimum atomic E-state index is -1.19. The highest BCUT2D eigenvalue weighted by Gasteiger charge is 2.51. The van der Waals surface area contributed by atoms with Gasteiger partial charge in [-0.3, -0.25) is 14.5 Å². The van der Waals surface area contributed by atoms with E-state index in [1.807, 2.05) is 31.2 Å². The van der Waals surface area contributed by atoms with Crippen molar-refractivity contribution in [2.75, 3.05) is 27.3 Å². The highest BCUT2D eigenvalue weighted by atomic mass is 16.5. The number of rotatable bonds is 9. The number of carbonyl (C=O) groups excluding carboxylic acids is 3. The first-order valence-electron chi connectivity index (χ1n) is 10.1. The number of methoxy groups -OCH3 is 2. The van der Waals surface area contributed by atoms with Crippen molar-refractivity contribution in [1.29, 1.82) is 0 Å². The van der Waals surface area contributed by atoms with E-state index in [0.29, 0.717) is 30.7 Å². The monoisotopic (exact) mass is 425 g/mol. The van der Waals surface area contributed by atoms with Crippen molar-refractivity contribution in [2.24, 2.45) is 0 Å². The Labute approximate surface area is 181 Å². The number of ether oxygens (including phenoxy) is 2. The van der Waals surface area contributed by atoms with Crippen LogP contribution in [0.25, 0.3) is 0 Å². The Balaban J connectivity index is 1.64. The van der Waals surface area contributed by atoms with Crippen LogP contribution in [-0.2, 0) is 21.5 Å². The van der Waals surface area contributed by atoms with E-state index in [4.69, 9.17) is 9.47 Å². The van der Waals surface area contributed by atoms with Gasteiger partial charge in [-0.15, -0.1) is 0 Å². The van der Waals surface area contributed by atoms with Crippen molar-refractivity contribution in [3.63, 3.8) is 0 Å². The zero-order valence-corrected chi connectivity index (χ0v) is 17.9. The number of amides is 4. The van der Waals surface area contributed by atoms with Gasteiger partial charge in [0.2, 0.25) is 5.91 Å². The Kier molecular flexibility index (Phi) is 6.79. The van der Waals surface area contributed by atoms with Gasteiger partial charge in [0, 0.05) is 6.54 Å². The summed E-state index contributed by atoms with van der Waals surface area (Å²) in [5.41, 5.74) is 0.416. The molecule has 31 heavy (non-hydrogen) atoms. The zero-order valence-electron chi connectivity index (χ0n) is 17.9. The summed E-state index contributed by atoms with van der Waals surface area (Å²) in [5, 5.41) is 5.54.